The average Bonchev–Trinajstić information content (AvgIpc) is 2.85. The van der Waals surface area contributed by atoms with Gasteiger partial charge in [0.05, 0.1) is 17.6 Å². The fraction of sp³-hybridized carbons (Fsp3) is 0.280. The highest BCUT2D eigenvalue weighted by atomic mass is 32.2. The minimum absolute atomic E-state index is 0.00408. The first-order valence-electron chi connectivity index (χ1n) is 11.1. The standard InChI is InChI=1S/C25H25N3O5S/c1-33-23-7-3-2-5-21(23)25(30)26-19-9-11-20(12-10-19)34(31,32)27-14-17-13-18(16-27)22-6-4-8-24(29)28(22)15-17/h2-12,17-18H,13-16H2,1H3,(H,26,30)/t17-,18-/m1/s1. The molecule has 9 heteroatoms. The Morgan fingerprint density at radius 1 is 0.971 bits per heavy atom. The molecule has 1 N–H and O–H groups in total. The predicted octanol–water partition coefficient (Wildman–Crippen LogP) is 2.92. The molecule has 1 fully saturated rings. The summed E-state index contributed by atoms with van der Waals surface area (Å²) in [4.78, 5) is 25.0. The zero-order valence-electron chi connectivity index (χ0n) is 18.7. The molecular weight excluding hydrogens is 454 g/mol. The van der Waals surface area contributed by atoms with Gasteiger partial charge in [0.2, 0.25) is 10.0 Å². The monoisotopic (exact) mass is 479 g/mol. The summed E-state index contributed by atoms with van der Waals surface area (Å²) in [5.74, 6) is 0.209. The van der Waals surface area contributed by atoms with Gasteiger partial charge in [-0.1, -0.05) is 18.2 Å². The van der Waals surface area contributed by atoms with Gasteiger partial charge >= 0.3 is 0 Å². The fourth-order valence-electron chi connectivity index (χ4n) is 4.94. The Bertz CT molecular complexity index is 1400. The molecule has 0 saturated carbocycles. The third-order valence-corrected chi connectivity index (χ3v) is 8.39. The zero-order valence-corrected chi connectivity index (χ0v) is 19.5. The molecule has 3 heterocycles. The fourth-order valence-corrected chi connectivity index (χ4v) is 6.50. The van der Waals surface area contributed by atoms with E-state index < -0.39 is 10.0 Å². The number of aromatic nitrogens is 1. The molecular formula is C25H25N3O5S. The number of carbonyl (C=O) groups excluding carboxylic acids is 1. The van der Waals surface area contributed by atoms with Crippen LogP contribution in [0.3, 0.4) is 0 Å². The van der Waals surface area contributed by atoms with Crippen molar-refractivity contribution in [3.05, 3.63) is 88.3 Å². The number of benzene rings is 2. The van der Waals surface area contributed by atoms with Crippen LogP contribution in [0, 0.1) is 5.92 Å². The smallest absolute Gasteiger partial charge is 0.259 e. The van der Waals surface area contributed by atoms with E-state index in [9.17, 15) is 18.0 Å². The minimum atomic E-state index is -3.71. The molecule has 1 aromatic heterocycles. The summed E-state index contributed by atoms with van der Waals surface area (Å²) in [6, 6.07) is 18.3. The maximum absolute atomic E-state index is 13.4. The van der Waals surface area contributed by atoms with Crippen molar-refractivity contribution in [2.24, 2.45) is 5.92 Å². The summed E-state index contributed by atoms with van der Waals surface area (Å²) in [6.45, 7) is 1.26. The van der Waals surface area contributed by atoms with E-state index in [2.05, 4.69) is 5.32 Å². The van der Waals surface area contributed by atoms with Crippen molar-refractivity contribution in [3.8, 4) is 5.75 Å². The summed E-state index contributed by atoms with van der Waals surface area (Å²) in [6.07, 6.45) is 0.878. The number of piperidine rings is 1. The van der Waals surface area contributed by atoms with E-state index in [4.69, 9.17) is 4.74 Å². The number of hydrogen-bond donors (Lipinski definition) is 1. The van der Waals surface area contributed by atoms with E-state index >= 15 is 0 Å². The van der Waals surface area contributed by atoms with Gasteiger partial charge in [-0.2, -0.15) is 4.31 Å². The van der Waals surface area contributed by atoms with E-state index in [1.165, 1.54) is 23.5 Å². The molecule has 2 atom stereocenters. The van der Waals surface area contributed by atoms with Crippen LogP contribution in [-0.4, -0.2) is 43.4 Å². The Balaban J connectivity index is 1.33. The van der Waals surface area contributed by atoms with Crippen LogP contribution in [0.2, 0.25) is 0 Å². The predicted molar refractivity (Wildman–Crippen MR) is 128 cm³/mol. The van der Waals surface area contributed by atoms with Gasteiger partial charge in [0.25, 0.3) is 11.5 Å². The van der Waals surface area contributed by atoms with Crippen LogP contribution < -0.4 is 15.6 Å². The number of methoxy groups -OCH3 is 1. The van der Waals surface area contributed by atoms with Crippen molar-refractivity contribution in [1.82, 2.24) is 8.87 Å². The van der Waals surface area contributed by atoms with E-state index in [1.54, 1.807) is 53.1 Å². The lowest BCUT2D eigenvalue weighted by atomic mass is 9.84. The van der Waals surface area contributed by atoms with Crippen molar-refractivity contribution in [2.75, 3.05) is 25.5 Å². The van der Waals surface area contributed by atoms with Gasteiger partial charge in [-0.15, -0.1) is 0 Å². The Morgan fingerprint density at radius 2 is 1.74 bits per heavy atom. The first-order valence-corrected chi connectivity index (χ1v) is 12.5. The molecule has 3 aromatic rings. The van der Waals surface area contributed by atoms with E-state index in [0.717, 1.165) is 12.1 Å². The summed E-state index contributed by atoms with van der Waals surface area (Å²) in [5.41, 5.74) is 1.74. The van der Waals surface area contributed by atoms with Crippen LogP contribution in [0.25, 0.3) is 0 Å². The van der Waals surface area contributed by atoms with Gasteiger partial charge in [0, 0.05) is 43.0 Å². The number of ether oxygens (including phenoxy) is 1. The Kier molecular flexibility index (Phi) is 5.75. The highest BCUT2D eigenvalue weighted by Gasteiger charge is 2.39. The topological polar surface area (TPSA) is 97.7 Å². The summed E-state index contributed by atoms with van der Waals surface area (Å²) in [5, 5.41) is 2.78. The molecule has 0 radical (unpaired) electrons. The lowest BCUT2D eigenvalue weighted by molar-refractivity contribution is 0.102. The molecule has 2 bridgehead atoms. The first kappa shape index (κ1) is 22.4. The molecule has 0 spiro atoms. The lowest BCUT2D eigenvalue weighted by Crippen LogP contribution is -2.48. The van der Waals surface area contributed by atoms with Crippen LogP contribution >= 0.6 is 0 Å². The van der Waals surface area contributed by atoms with Crippen molar-refractivity contribution in [3.63, 3.8) is 0 Å². The van der Waals surface area contributed by atoms with Crippen LogP contribution in [0.5, 0.6) is 5.75 Å². The molecule has 2 aliphatic heterocycles. The molecule has 8 nitrogen and oxygen atoms in total. The molecule has 34 heavy (non-hydrogen) atoms. The summed E-state index contributed by atoms with van der Waals surface area (Å²) >= 11 is 0. The second-order valence-corrected chi connectivity index (χ2v) is 10.6. The van der Waals surface area contributed by atoms with Crippen LogP contribution in [-0.2, 0) is 16.6 Å². The molecule has 2 aromatic carbocycles. The molecule has 176 valence electrons. The number of carbonyl (C=O) groups is 1. The minimum Gasteiger partial charge on any atom is -0.496 e. The average molecular weight is 480 g/mol. The lowest BCUT2D eigenvalue weighted by Gasteiger charge is -2.42. The number of rotatable bonds is 5. The Morgan fingerprint density at radius 3 is 2.50 bits per heavy atom. The number of hydrogen-bond acceptors (Lipinski definition) is 5. The van der Waals surface area contributed by atoms with Crippen molar-refractivity contribution in [1.29, 1.82) is 0 Å². The molecule has 1 amide bonds. The molecule has 2 aliphatic rings. The van der Waals surface area contributed by atoms with Gasteiger partial charge < -0.3 is 14.6 Å². The molecule has 0 unspecified atom stereocenters. The summed E-state index contributed by atoms with van der Waals surface area (Å²) < 4.78 is 35.3. The van der Waals surface area contributed by atoms with E-state index in [0.29, 0.717) is 36.6 Å². The van der Waals surface area contributed by atoms with Gasteiger partial charge in [-0.3, -0.25) is 9.59 Å². The zero-order chi connectivity index (χ0) is 23.9. The normalized spacial score (nSPS) is 19.8. The second kappa shape index (κ2) is 8.73. The highest BCUT2D eigenvalue weighted by molar-refractivity contribution is 7.89. The van der Waals surface area contributed by atoms with Crippen molar-refractivity contribution >= 4 is 21.6 Å². The summed E-state index contributed by atoms with van der Waals surface area (Å²) in [7, 11) is -2.21. The third-order valence-electron chi connectivity index (χ3n) is 6.55. The van der Waals surface area contributed by atoms with Crippen molar-refractivity contribution < 1.29 is 17.9 Å². The van der Waals surface area contributed by atoms with Gasteiger partial charge in [0.15, 0.2) is 0 Å². The first-order chi connectivity index (χ1) is 16.4. The van der Waals surface area contributed by atoms with Gasteiger partial charge in [-0.05, 0) is 54.8 Å². The Hall–Kier alpha value is -3.43. The van der Waals surface area contributed by atoms with Crippen LogP contribution in [0.4, 0.5) is 5.69 Å². The molecule has 5 rings (SSSR count). The number of sulfonamides is 1. The quantitative estimate of drug-likeness (QED) is 0.607. The number of para-hydroxylation sites is 1. The number of nitrogens with one attached hydrogen (secondary N) is 1. The van der Waals surface area contributed by atoms with Gasteiger partial charge in [0.1, 0.15) is 5.75 Å². The molecule has 1 saturated heterocycles. The molecule has 0 aliphatic carbocycles. The third kappa shape index (κ3) is 4.01. The largest absolute Gasteiger partial charge is 0.496 e. The number of fused-ring (bicyclic) bond motifs is 4. The number of anilines is 1. The van der Waals surface area contributed by atoms with E-state index in [-0.39, 0.29) is 28.2 Å². The maximum atomic E-state index is 13.4. The number of pyridine rings is 1. The van der Waals surface area contributed by atoms with Crippen LogP contribution in [0.1, 0.15) is 28.4 Å². The maximum Gasteiger partial charge on any atom is 0.259 e. The van der Waals surface area contributed by atoms with Crippen molar-refractivity contribution in [2.45, 2.75) is 23.8 Å². The number of nitrogens with zero attached hydrogens (tertiary/aromatic N) is 2. The number of amides is 1. The van der Waals surface area contributed by atoms with Gasteiger partial charge in [-0.25, -0.2) is 8.42 Å². The highest BCUT2D eigenvalue weighted by Crippen LogP contribution is 2.37. The van der Waals surface area contributed by atoms with E-state index in [1.807, 2.05) is 6.07 Å². The SMILES string of the molecule is COc1ccccc1C(=O)Nc1ccc(S(=O)(=O)N2C[C@H]3C[C@H](C2)c2cccc(=O)n2C3)cc1. The van der Waals surface area contributed by atoms with Crippen LogP contribution in [0.15, 0.2) is 76.4 Å². The Labute approximate surface area is 197 Å². The second-order valence-electron chi connectivity index (χ2n) is 8.70.